The van der Waals surface area contributed by atoms with Crippen LogP contribution in [0.4, 0.5) is 55.3 Å². The summed E-state index contributed by atoms with van der Waals surface area (Å²) in [5, 5.41) is 11.7. The van der Waals surface area contributed by atoms with Gasteiger partial charge in [-0.3, -0.25) is 14.8 Å². The van der Waals surface area contributed by atoms with Crippen molar-refractivity contribution < 1.29 is 63.4 Å². The SMILES string of the molecule is O=C(Nc1c(Br)cc(C(F)(C(F)(F)F)C(F)(F)F)cc1OC(F)F)c1cccc(N(O)C(=O)c2ccc(Cl)nc2)c1F. The van der Waals surface area contributed by atoms with Crippen LogP contribution in [0.15, 0.2) is 53.1 Å². The van der Waals surface area contributed by atoms with Crippen LogP contribution in [0.1, 0.15) is 26.3 Å². The van der Waals surface area contributed by atoms with Gasteiger partial charge < -0.3 is 10.1 Å². The zero-order valence-corrected chi connectivity index (χ0v) is 22.1. The summed E-state index contributed by atoms with van der Waals surface area (Å²) in [6.45, 7) is -3.90. The highest BCUT2D eigenvalue weighted by Gasteiger charge is 2.73. The number of carbonyl (C=O) groups excluding carboxylic acids is 2. The second-order valence-electron chi connectivity index (χ2n) is 7.94. The maximum Gasteiger partial charge on any atom is 0.435 e. The van der Waals surface area contributed by atoms with E-state index in [2.05, 4.69) is 25.7 Å². The molecule has 0 aliphatic carbocycles. The number of anilines is 2. The fraction of sp³-hybridized carbons (Fsp3) is 0.174. The summed E-state index contributed by atoms with van der Waals surface area (Å²) in [4.78, 5) is 28.9. The Kier molecular flexibility index (Phi) is 9.33. The van der Waals surface area contributed by atoms with Gasteiger partial charge in [0.2, 0.25) is 0 Å². The lowest BCUT2D eigenvalue weighted by molar-refractivity contribution is -0.348. The number of rotatable bonds is 7. The predicted octanol–water partition coefficient (Wildman–Crippen LogP) is 7.82. The average molecular weight is 699 g/mol. The highest BCUT2D eigenvalue weighted by Crippen LogP contribution is 2.55. The Labute approximate surface area is 240 Å². The van der Waals surface area contributed by atoms with Gasteiger partial charge in [0.05, 0.1) is 16.8 Å². The number of aromatic nitrogens is 1. The van der Waals surface area contributed by atoms with Crippen LogP contribution in [0.5, 0.6) is 5.75 Å². The number of hydrogen-bond acceptors (Lipinski definition) is 5. The third-order valence-electron chi connectivity index (χ3n) is 5.31. The zero-order chi connectivity index (χ0) is 31.8. The summed E-state index contributed by atoms with van der Waals surface area (Å²) in [5.74, 6) is -5.97. The summed E-state index contributed by atoms with van der Waals surface area (Å²) >= 11 is 8.08. The molecule has 2 amide bonds. The highest BCUT2D eigenvalue weighted by atomic mass is 79.9. The molecule has 0 bridgehead atoms. The molecule has 1 aromatic heterocycles. The Bertz CT molecular complexity index is 1490. The van der Waals surface area contributed by atoms with Crippen LogP contribution in [0, 0.1) is 5.82 Å². The second kappa shape index (κ2) is 11.9. The van der Waals surface area contributed by atoms with E-state index in [-0.39, 0.29) is 27.9 Å². The lowest BCUT2D eigenvalue weighted by atomic mass is 9.93. The van der Waals surface area contributed by atoms with Crippen molar-refractivity contribution in [3.05, 3.63) is 80.8 Å². The molecule has 3 aromatic rings. The van der Waals surface area contributed by atoms with Crippen molar-refractivity contribution in [3.8, 4) is 5.75 Å². The Morgan fingerprint density at radius 2 is 1.64 bits per heavy atom. The molecule has 0 saturated heterocycles. The van der Waals surface area contributed by atoms with Crippen LogP contribution < -0.4 is 15.1 Å². The molecule has 7 nitrogen and oxygen atoms in total. The topological polar surface area (TPSA) is 91.8 Å². The standard InChI is InChI=1S/C23H11BrClF10N3O4/c24-12-6-10(21(29,22(30,31)32)23(33,34)35)7-14(42-20(27)28)17(12)37-18(39)11-2-1-3-13(16(11)26)38(41)19(40)9-4-5-15(25)36-8-9/h1-8,20,41H,(H,37,39). The summed E-state index contributed by atoms with van der Waals surface area (Å²) in [7, 11) is 0. The molecule has 0 saturated carbocycles. The molecule has 0 spiro atoms. The van der Waals surface area contributed by atoms with Crippen LogP contribution in [0.25, 0.3) is 0 Å². The van der Waals surface area contributed by atoms with Gasteiger partial charge >= 0.3 is 24.6 Å². The zero-order valence-electron chi connectivity index (χ0n) is 19.8. The van der Waals surface area contributed by atoms with E-state index >= 15 is 4.39 Å². The Morgan fingerprint density at radius 1 is 1.02 bits per heavy atom. The lowest BCUT2D eigenvalue weighted by Gasteiger charge is -2.31. The first-order valence-corrected chi connectivity index (χ1v) is 11.8. The quantitative estimate of drug-likeness (QED) is 0.114. The van der Waals surface area contributed by atoms with E-state index in [1.54, 1.807) is 5.32 Å². The van der Waals surface area contributed by atoms with E-state index in [1.807, 2.05) is 0 Å². The van der Waals surface area contributed by atoms with Gasteiger partial charge in [-0.1, -0.05) is 17.7 Å². The number of amides is 2. The van der Waals surface area contributed by atoms with E-state index in [1.165, 1.54) is 6.07 Å². The van der Waals surface area contributed by atoms with Crippen LogP contribution >= 0.6 is 27.5 Å². The number of halogens is 12. The third-order valence-corrected chi connectivity index (χ3v) is 6.15. The Balaban J connectivity index is 2.04. The minimum absolute atomic E-state index is 0.0238. The van der Waals surface area contributed by atoms with Crippen molar-refractivity contribution in [2.75, 3.05) is 10.4 Å². The molecular formula is C23H11BrClF10N3O4. The molecule has 226 valence electrons. The normalized spacial score (nSPS) is 12.3. The molecule has 0 fully saturated rings. The largest absolute Gasteiger partial charge is 0.435 e. The van der Waals surface area contributed by atoms with Crippen molar-refractivity contribution in [3.63, 3.8) is 0 Å². The van der Waals surface area contributed by atoms with Crippen molar-refractivity contribution in [1.29, 1.82) is 0 Å². The maximum absolute atomic E-state index is 15.2. The monoisotopic (exact) mass is 697 g/mol. The number of nitrogens with zero attached hydrogens (tertiary/aromatic N) is 2. The van der Waals surface area contributed by atoms with Crippen LogP contribution in [-0.4, -0.2) is 41.0 Å². The molecule has 3 rings (SSSR count). The predicted molar refractivity (Wildman–Crippen MR) is 128 cm³/mol. The molecule has 2 aromatic carbocycles. The van der Waals surface area contributed by atoms with Gasteiger partial charge in [-0.25, -0.2) is 13.8 Å². The average Bonchev–Trinajstić information content (AvgIpc) is 2.88. The van der Waals surface area contributed by atoms with E-state index in [4.69, 9.17) is 11.6 Å². The van der Waals surface area contributed by atoms with E-state index in [0.29, 0.717) is 0 Å². The fourth-order valence-corrected chi connectivity index (χ4v) is 4.01. The first-order valence-electron chi connectivity index (χ1n) is 10.7. The first kappa shape index (κ1) is 32.9. The maximum atomic E-state index is 15.2. The fourth-order valence-electron chi connectivity index (χ4n) is 3.35. The van der Waals surface area contributed by atoms with Gasteiger partial charge in [0, 0.05) is 16.2 Å². The van der Waals surface area contributed by atoms with Crippen molar-refractivity contribution in [2.24, 2.45) is 0 Å². The molecule has 0 aliphatic heterocycles. The molecule has 19 heteroatoms. The van der Waals surface area contributed by atoms with Crippen molar-refractivity contribution in [2.45, 2.75) is 24.6 Å². The number of benzene rings is 2. The molecular weight excluding hydrogens is 688 g/mol. The molecule has 0 atom stereocenters. The van der Waals surface area contributed by atoms with Gasteiger partial charge in [0.25, 0.3) is 11.8 Å². The number of carbonyl (C=O) groups is 2. The lowest BCUT2D eigenvalue weighted by Crippen LogP contribution is -2.50. The Morgan fingerprint density at radius 3 is 2.17 bits per heavy atom. The van der Waals surface area contributed by atoms with Gasteiger partial charge in [-0.15, -0.1) is 0 Å². The molecule has 0 radical (unpaired) electrons. The van der Waals surface area contributed by atoms with E-state index in [9.17, 15) is 54.3 Å². The van der Waals surface area contributed by atoms with Gasteiger partial charge in [-0.05, 0) is 52.3 Å². The molecule has 0 unspecified atom stereocenters. The molecule has 1 heterocycles. The van der Waals surface area contributed by atoms with Crippen molar-refractivity contribution in [1.82, 2.24) is 4.98 Å². The Hall–Kier alpha value is -3.64. The van der Waals surface area contributed by atoms with Crippen LogP contribution in [0.2, 0.25) is 5.15 Å². The first-order chi connectivity index (χ1) is 19.3. The number of nitrogens with one attached hydrogen (secondary N) is 1. The van der Waals surface area contributed by atoms with Crippen LogP contribution in [-0.2, 0) is 5.67 Å². The second-order valence-corrected chi connectivity index (χ2v) is 9.18. The minimum atomic E-state index is -6.61. The number of ether oxygens (including phenoxy) is 1. The van der Waals surface area contributed by atoms with Gasteiger partial charge in [0.1, 0.15) is 10.8 Å². The summed E-state index contributed by atoms with van der Waals surface area (Å²) in [5.41, 5.74) is -11.5. The molecule has 0 aliphatic rings. The summed E-state index contributed by atoms with van der Waals surface area (Å²) in [6.07, 6.45) is -12.3. The summed E-state index contributed by atoms with van der Waals surface area (Å²) < 4.78 is 138. The molecule has 42 heavy (non-hydrogen) atoms. The van der Waals surface area contributed by atoms with Crippen LogP contribution in [0.3, 0.4) is 0 Å². The van der Waals surface area contributed by atoms with E-state index < -0.39 is 75.0 Å². The van der Waals surface area contributed by atoms with Gasteiger partial charge in [0.15, 0.2) is 11.6 Å². The van der Waals surface area contributed by atoms with E-state index in [0.717, 1.165) is 30.5 Å². The smallest absolute Gasteiger partial charge is 0.433 e. The number of hydroxylamine groups is 1. The van der Waals surface area contributed by atoms with Crippen molar-refractivity contribution >= 4 is 50.7 Å². The number of alkyl halides is 9. The van der Waals surface area contributed by atoms with Gasteiger partial charge in [-0.2, -0.15) is 40.2 Å². The molecule has 2 N–H and O–H groups in total. The highest BCUT2D eigenvalue weighted by molar-refractivity contribution is 9.10. The third kappa shape index (κ3) is 6.39. The minimum Gasteiger partial charge on any atom is -0.433 e. The summed E-state index contributed by atoms with van der Waals surface area (Å²) in [6, 6.07) is 4.35. The number of pyridine rings is 1. The number of hydrogen-bond donors (Lipinski definition) is 2.